The van der Waals surface area contributed by atoms with Gasteiger partial charge in [0, 0.05) is 32.8 Å². The zero-order valence-corrected chi connectivity index (χ0v) is 17.5. The van der Waals surface area contributed by atoms with Crippen LogP contribution in [0.4, 0.5) is 11.4 Å². The second-order valence-electron chi connectivity index (χ2n) is 6.69. The molecular weight excluding hydrogens is 396 g/mol. The van der Waals surface area contributed by atoms with Crippen molar-refractivity contribution in [3.05, 3.63) is 63.7 Å². The molecule has 2 aromatic rings. The number of ether oxygens (including phenoxy) is 1. The average Bonchev–Trinajstić information content (AvgIpc) is 2.67. The van der Waals surface area contributed by atoms with Gasteiger partial charge in [-0.25, -0.2) is 13.1 Å². The Morgan fingerprint density at radius 3 is 2.45 bits per heavy atom. The third kappa shape index (κ3) is 6.50. The molecule has 0 amide bonds. The Labute approximate surface area is 170 Å². The Balaban J connectivity index is 2.21. The second-order valence-corrected chi connectivity index (χ2v) is 8.46. The van der Waals surface area contributed by atoms with Crippen molar-refractivity contribution in [3.8, 4) is 0 Å². The molecule has 0 fully saturated rings. The summed E-state index contributed by atoms with van der Waals surface area (Å²) < 4.78 is 32.4. The van der Waals surface area contributed by atoms with Crippen molar-refractivity contribution in [1.82, 2.24) is 9.62 Å². The van der Waals surface area contributed by atoms with E-state index in [4.69, 9.17) is 4.74 Å². The van der Waals surface area contributed by atoms with E-state index in [0.29, 0.717) is 19.7 Å². The zero-order valence-electron chi connectivity index (χ0n) is 16.7. The fraction of sp³-hybridized carbons (Fsp3) is 0.368. The lowest BCUT2D eigenvalue weighted by Crippen LogP contribution is -2.31. The van der Waals surface area contributed by atoms with Gasteiger partial charge in [-0.1, -0.05) is 24.3 Å². The van der Waals surface area contributed by atoms with Crippen molar-refractivity contribution < 1.29 is 18.1 Å². The minimum atomic E-state index is -3.84. The Bertz CT molecular complexity index is 947. The lowest BCUT2D eigenvalue weighted by Gasteiger charge is -2.13. The maximum Gasteiger partial charge on any atom is 0.293 e. The topological polar surface area (TPSA) is 114 Å². The quantitative estimate of drug-likeness (QED) is 0.421. The van der Waals surface area contributed by atoms with Crippen LogP contribution < -0.4 is 10.0 Å². The van der Waals surface area contributed by atoms with Crippen molar-refractivity contribution >= 4 is 21.4 Å². The van der Waals surface area contributed by atoms with Gasteiger partial charge in [0.1, 0.15) is 5.69 Å². The average molecular weight is 423 g/mol. The van der Waals surface area contributed by atoms with Gasteiger partial charge < -0.3 is 15.0 Å². The van der Waals surface area contributed by atoms with Crippen LogP contribution in [0.15, 0.2) is 47.4 Å². The minimum Gasteiger partial charge on any atom is -0.380 e. The van der Waals surface area contributed by atoms with Gasteiger partial charge in [-0.15, -0.1) is 0 Å². The van der Waals surface area contributed by atoms with Gasteiger partial charge in [0.2, 0.25) is 10.0 Å². The van der Waals surface area contributed by atoms with E-state index in [2.05, 4.69) is 10.0 Å². The van der Waals surface area contributed by atoms with Crippen LogP contribution in [0.5, 0.6) is 0 Å². The van der Waals surface area contributed by atoms with Crippen molar-refractivity contribution in [2.75, 3.05) is 39.6 Å². The number of anilines is 1. The molecule has 158 valence electrons. The van der Waals surface area contributed by atoms with Gasteiger partial charge in [0.05, 0.1) is 16.4 Å². The molecule has 2 N–H and O–H groups in total. The van der Waals surface area contributed by atoms with Gasteiger partial charge >= 0.3 is 0 Å². The maximum atomic E-state index is 12.4. The van der Waals surface area contributed by atoms with E-state index < -0.39 is 14.9 Å². The fourth-order valence-electron chi connectivity index (χ4n) is 2.68. The molecule has 0 saturated heterocycles. The summed E-state index contributed by atoms with van der Waals surface area (Å²) in [7, 11) is 1.41. The molecule has 0 unspecified atom stereocenters. The molecule has 0 atom stereocenters. The number of nitro benzene ring substituents is 1. The predicted octanol–water partition coefficient (Wildman–Crippen LogP) is 2.19. The largest absolute Gasteiger partial charge is 0.380 e. The highest BCUT2D eigenvalue weighted by Crippen LogP contribution is 2.28. The summed E-state index contributed by atoms with van der Waals surface area (Å²) >= 11 is 0. The molecule has 9 nitrogen and oxygen atoms in total. The Kier molecular flexibility index (Phi) is 8.09. The Hall–Kier alpha value is -2.53. The molecule has 0 saturated carbocycles. The number of sulfonamides is 1. The van der Waals surface area contributed by atoms with Gasteiger partial charge in [0.15, 0.2) is 0 Å². The molecule has 29 heavy (non-hydrogen) atoms. The van der Waals surface area contributed by atoms with Crippen LogP contribution >= 0.6 is 0 Å². The molecule has 0 aliphatic carbocycles. The zero-order chi connectivity index (χ0) is 21.4. The number of methoxy groups -OCH3 is 1. The Morgan fingerprint density at radius 2 is 1.83 bits per heavy atom. The molecule has 0 bridgehead atoms. The molecule has 2 rings (SSSR count). The van der Waals surface area contributed by atoms with E-state index in [1.807, 2.05) is 43.3 Å². The second kappa shape index (κ2) is 10.3. The van der Waals surface area contributed by atoms with Crippen molar-refractivity contribution in [1.29, 1.82) is 0 Å². The lowest BCUT2D eigenvalue weighted by molar-refractivity contribution is -0.384. The van der Waals surface area contributed by atoms with E-state index in [9.17, 15) is 18.5 Å². The molecule has 0 heterocycles. The van der Waals surface area contributed by atoms with E-state index in [0.717, 1.165) is 17.2 Å². The summed E-state index contributed by atoms with van der Waals surface area (Å²) in [6, 6.07) is 11.4. The van der Waals surface area contributed by atoms with Crippen molar-refractivity contribution in [2.24, 2.45) is 0 Å². The number of nitro groups is 1. The normalized spacial score (nSPS) is 11.6. The summed E-state index contributed by atoms with van der Waals surface area (Å²) in [5.74, 6) is 0. The fourth-order valence-corrected chi connectivity index (χ4v) is 3.72. The number of likely N-dealkylation sites (N-methyl/N-ethyl adjacent to an activating group) is 1. The van der Waals surface area contributed by atoms with Crippen LogP contribution in [0.2, 0.25) is 0 Å². The number of nitrogens with zero attached hydrogens (tertiary/aromatic N) is 2. The maximum absolute atomic E-state index is 12.4. The highest BCUT2D eigenvalue weighted by Gasteiger charge is 2.21. The van der Waals surface area contributed by atoms with Crippen LogP contribution in [0.3, 0.4) is 0 Å². The molecule has 0 aliphatic rings. The van der Waals surface area contributed by atoms with Crippen molar-refractivity contribution in [2.45, 2.75) is 18.0 Å². The van der Waals surface area contributed by atoms with E-state index >= 15 is 0 Å². The molecule has 0 aliphatic heterocycles. The van der Waals surface area contributed by atoms with Crippen LogP contribution in [0, 0.1) is 10.1 Å². The summed E-state index contributed by atoms with van der Waals surface area (Å²) in [4.78, 5) is 12.6. The molecular formula is C19H26N4O5S. The highest BCUT2D eigenvalue weighted by molar-refractivity contribution is 7.89. The third-order valence-electron chi connectivity index (χ3n) is 4.21. The number of benzene rings is 2. The van der Waals surface area contributed by atoms with E-state index in [-0.39, 0.29) is 22.8 Å². The predicted molar refractivity (Wildman–Crippen MR) is 111 cm³/mol. The van der Waals surface area contributed by atoms with Crippen LogP contribution in [0.1, 0.15) is 11.1 Å². The molecule has 0 radical (unpaired) electrons. The summed E-state index contributed by atoms with van der Waals surface area (Å²) in [5, 5.41) is 14.5. The number of rotatable bonds is 11. The molecule has 10 heteroatoms. The van der Waals surface area contributed by atoms with Crippen LogP contribution in [-0.4, -0.2) is 52.5 Å². The van der Waals surface area contributed by atoms with Crippen molar-refractivity contribution in [3.63, 3.8) is 0 Å². The number of hydrogen-bond donors (Lipinski definition) is 2. The minimum absolute atomic E-state index is 0.145. The third-order valence-corrected chi connectivity index (χ3v) is 5.67. The monoisotopic (exact) mass is 422 g/mol. The molecule has 0 spiro atoms. The first-order chi connectivity index (χ1) is 13.7. The smallest absolute Gasteiger partial charge is 0.293 e. The lowest BCUT2D eigenvalue weighted by atomic mass is 10.1. The first-order valence-electron chi connectivity index (χ1n) is 8.97. The van der Waals surface area contributed by atoms with Crippen LogP contribution in [0.25, 0.3) is 0 Å². The number of nitrogens with one attached hydrogen (secondary N) is 2. The first-order valence-corrected chi connectivity index (χ1v) is 10.5. The molecule has 0 aromatic heterocycles. The Morgan fingerprint density at radius 1 is 1.14 bits per heavy atom. The summed E-state index contributed by atoms with van der Waals surface area (Å²) in [6.07, 6.45) is 0. The highest BCUT2D eigenvalue weighted by atomic mass is 32.2. The van der Waals surface area contributed by atoms with Gasteiger partial charge in [-0.05, 0) is 37.4 Å². The van der Waals surface area contributed by atoms with Gasteiger partial charge in [0.25, 0.3) is 5.69 Å². The first kappa shape index (κ1) is 22.8. The molecule has 2 aromatic carbocycles. The van der Waals surface area contributed by atoms with E-state index in [1.54, 1.807) is 7.11 Å². The summed E-state index contributed by atoms with van der Waals surface area (Å²) in [6.45, 7) is 1.49. The van der Waals surface area contributed by atoms with Gasteiger partial charge in [-0.2, -0.15) is 0 Å². The SMILES string of the molecule is COCc1ccccc1CNc1ccc(S(=O)(=O)NCCN(C)C)cc1[N+](=O)[O-]. The number of hydrogen-bond acceptors (Lipinski definition) is 7. The van der Waals surface area contributed by atoms with Crippen LogP contribution in [-0.2, 0) is 27.9 Å². The van der Waals surface area contributed by atoms with E-state index in [1.165, 1.54) is 12.1 Å². The summed E-state index contributed by atoms with van der Waals surface area (Å²) in [5.41, 5.74) is 1.85. The van der Waals surface area contributed by atoms with Gasteiger partial charge in [-0.3, -0.25) is 10.1 Å². The standard InChI is InChI=1S/C19H26N4O5S/c1-22(2)11-10-21-29(26,27)17-8-9-18(19(12-17)23(24)25)20-13-15-6-4-5-7-16(15)14-28-3/h4-9,12,20-21H,10-11,13-14H2,1-3H3.